The Kier molecular flexibility index (Phi) is 6.51. The van der Waals surface area contributed by atoms with Gasteiger partial charge in [-0.25, -0.2) is 0 Å². The molecule has 0 aliphatic heterocycles. The Hall–Kier alpha value is -1.28. The van der Waals surface area contributed by atoms with Crippen LogP contribution in [0.4, 0.5) is 0 Å². The molecular weight excluding hydrogens is 222 g/mol. The number of allylic oxidation sites excluding steroid dienone is 1. The monoisotopic (exact) mass is 247 g/mol. The molecule has 0 N–H and O–H groups in total. The van der Waals surface area contributed by atoms with Crippen LogP contribution in [-0.2, 0) is 6.42 Å². The highest BCUT2D eigenvalue weighted by atomic mass is 16.5. The second-order valence-electron chi connectivity index (χ2n) is 4.91. The fourth-order valence-corrected chi connectivity index (χ4v) is 1.94. The smallest absolute Gasteiger partial charge is 0.125 e. The summed E-state index contributed by atoms with van der Waals surface area (Å²) in [6, 6.07) is 6.29. The Balaban J connectivity index is 2.47. The second-order valence-corrected chi connectivity index (χ2v) is 4.91. The minimum absolute atomic E-state index is 0.794. The van der Waals surface area contributed by atoms with Crippen LogP contribution in [0.5, 0.6) is 5.75 Å². The van der Waals surface area contributed by atoms with Crippen LogP contribution in [0.2, 0.25) is 0 Å². The van der Waals surface area contributed by atoms with Crippen molar-refractivity contribution in [3.05, 3.63) is 42.0 Å². The first-order valence-corrected chi connectivity index (χ1v) is 6.62. The lowest BCUT2D eigenvalue weighted by Crippen LogP contribution is -2.14. The van der Waals surface area contributed by atoms with Crippen LogP contribution < -0.4 is 4.74 Å². The maximum Gasteiger partial charge on any atom is 0.125 e. The molecule has 0 aliphatic carbocycles. The van der Waals surface area contributed by atoms with Gasteiger partial charge in [-0.1, -0.05) is 24.3 Å². The minimum atomic E-state index is 0.794. The summed E-state index contributed by atoms with van der Waals surface area (Å²) in [6.07, 6.45) is 5.07. The highest BCUT2D eigenvalue weighted by Gasteiger charge is 2.05. The molecule has 0 unspecified atom stereocenters. The summed E-state index contributed by atoms with van der Waals surface area (Å²) in [6.45, 7) is 7.81. The molecule has 0 saturated heterocycles. The second kappa shape index (κ2) is 7.93. The van der Waals surface area contributed by atoms with E-state index in [1.807, 2.05) is 6.08 Å². The van der Waals surface area contributed by atoms with E-state index in [0.29, 0.717) is 0 Å². The fourth-order valence-electron chi connectivity index (χ4n) is 1.94. The molecule has 0 aromatic heterocycles. The van der Waals surface area contributed by atoms with Crippen LogP contribution in [0.3, 0.4) is 0 Å². The van der Waals surface area contributed by atoms with Gasteiger partial charge in [0, 0.05) is 0 Å². The van der Waals surface area contributed by atoms with Gasteiger partial charge in [-0.2, -0.15) is 0 Å². The number of unbranched alkanes of at least 4 members (excludes halogenated alkanes) is 1. The minimum Gasteiger partial charge on any atom is -0.493 e. The predicted molar refractivity (Wildman–Crippen MR) is 78.4 cm³/mol. The molecular formula is C16H25NO. The Morgan fingerprint density at radius 1 is 1.28 bits per heavy atom. The van der Waals surface area contributed by atoms with E-state index in [4.69, 9.17) is 4.74 Å². The fraction of sp³-hybridized carbons (Fsp3) is 0.500. The van der Waals surface area contributed by atoms with E-state index in [0.717, 1.165) is 31.7 Å². The van der Waals surface area contributed by atoms with Gasteiger partial charge >= 0.3 is 0 Å². The third kappa shape index (κ3) is 4.92. The molecule has 0 aliphatic rings. The Bertz CT molecular complexity index is 371. The van der Waals surface area contributed by atoms with Gasteiger partial charge in [0.15, 0.2) is 0 Å². The van der Waals surface area contributed by atoms with Gasteiger partial charge in [-0.3, -0.25) is 0 Å². The number of aryl methyl sites for hydroxylation is 1. The van der Waals surface area contributed by atoms with Gasteiger partial charge in [-0.15, -0.1) is 6.58 Å². The zero-order valence-electron chi connectivity index (χ0n) is 11.9. The van der Waals surface area contributed by atoms with E-state index in [-0.39, 0.29) is 0 Å². The van der Waals surface area contributed by atoms with Crippen molar-refractivity contribution in [3.8, 4) is 5.75 Å². The molecule has 0 spiro atoms. The highest BCUT2D eigenvalue weighted by molar-refractivity contribution is 5.41. The van der Waals surface area contributed by atoms with Crippen LogP contribution in [-0.4, -0.2) is 32.1 Å². The number of para-hydroxylation sites is 1. The normalized spacial score (nSPS) is 10.7. The van der Waals surface area contributed by atoms with Gasteiger partial charge in [0.2, 0.25) is 0 Å². The van der Waals surface area contributed by atoms with Gasteiger partial charge in [0.25, 0.3) is 0 Å². The molecule has 100 valence electrons. The van der Waals surface area contributed by atoms with E-state index in [1.165, 1.54) is 17.5 Å². The molecule has 2 nitrogen and oxygen atoms in total. The van der Waals surface area contributed by atoms with Crippen molar-refractivity contribution in [2.45, 2.75) is 26.2 Å². The quantitative estimate of drug-likeness (QED) is 0.515. The van der Waals surface area contributed by atoms with E-state index < -0.39 is 0 Å². The first-order chi connectivity index (χ1) is 8.65. The van der Waals surface area contributed by atoms with Crippen molar-refractivity contribution >= 4 is 0 Å². The average Bonchev–Trinajstić information content (AvgIpc) is 2.32. The summed E-state index contributed by atoms with van der Waals surface area (Å²) in [5, 5.41) is 0. The molecule has 0 fully saturated rings. The summed E-state index contributed by atoms with van der Waals surface area (Å²) >= 11 is 0. The molecule has 0 radical (unpaired) electrons. The molecule has 0 bridgehead atoms. The molecule has 0 amide bonds. The number of nitrogens with zero attached hydrogens (tertiary/aromatic N) is 1. The van der Waals surface area contributed by atoms with E-state index in [9.17, 15) is 0 Å². The van der Waals surface area contributed by atoms with Gasteiger partial charge in [0.1, 0.15) is 5.75 Å². The van der Waals surface area contributed by atoms with Crippen molar-refractivity contribution in [3.63, 3.8) is 0 Å². The predicted octanol–water partition coefficient (Wildman–Crippen LogP) is 3.44. The van der Waals surface area contributed by atoms with E-state index in [1.54, 1.807) is 0 Å². The van der Waals surface area contributed by atoms with Crippen molar-refractivity contribution < 1.29 is 4.74 Å². The Morgan fingerprint density at radius 2 is 2.06 bits per heavy atom. The molecule has 1 aromatic carbocycles. The standard InChI is InChI=1S/C16H25NO/c1-5-9-15-11-8-10-14(2)16(15)18-13-7-6-12-17(3)4/h5,8,10-11H,1,6-7,9,12-13H2,2-4H3. The number of ether oxygens (including phenoxy) is 1. The third-order valence-corrected chi connectivity index (χ3v) is 2.90. The molecule has 0 saturated carbocycles. The maximum absolute atomic E-state index is 5.94. The highest BCUT2D eigenvalue weighted by Crippen LogP contribution is 2.24. The van der Waals surface area contributed by atoms with E-state index in [2.05, 4.69) is 50.7 Å². The van der Waals surface area contributed by atoms with Crippen LogP contribution >= 0.6 is 0 Å². The van der Waals surface area contributed by atoms with Crippen molar-refractivity contribution in [2.24, 2.45) is 0 Å². The number of rotatable bonds is 8. The number of hydrogen-bond donors (Lipinski definition) is 0. The van der Waals surface area contributed by atoms with Crippen molar-refractivity contribution in [1.82, 2.24) is 4.90 Å². The maximum atomic E-state index is 5.94. The SMILES string of the molecule is C=CCc1cccc(C)c1OCCCCN(C)C. The van der Waals surface area contributed by atoms with Gasteiger partial charge in [0.05, 0.1) is 6.61 Å². The van der Waals surface area contributed by atoms with Crippen LogP contribution in [0.1, 0.15) is 24.0 Å². The molecule has 1 rings (SSSR count). The Labute approximate surface area is 111 Å². The summed E-state index contributed by atoms with van der Waals surface area (Å²) < 4.78 is 5.94. The zero-order chi connectivity index (χ0) is 13.4. The summed E-state index contributed by atoms with van der Waals surface area (Å²) in [4.78, 5) is 2.21. The molecule has 0 heterocycles. The van der Waals surface area contributed by atoms with Crippen molar-refractivity contribution in [1.29, 1.82) is 0 Å². The molecule has 0 atom stereocenters. The lowest BCUT2D eigenvalue weighted by Gasteiger charge is -2.14. The summed E-state index contributed by atoms with van der Waals surface area (Å²) in [5.41, 5.74) is 2.44. The van der Waals surface area contributed by atoms with Crippen LogP contribution in [0.25, 0.3) is 0 Å². The molecule has 18 heavy (non-hydrogen) atoms. The van der Waals surface area contributed by atoms with Gasteiger partial charge < -0.3 is 9.64 Å². The zero-order valence-corrected chi connectivity index (χ0v) is 11.9. The van der Waals surface area contributed by atoms with Gasteiger partial charge in [-0.05, 0) is 58.0 Å². The molecule has 2 heteroatoms. The molecule has 1 aromatic rings. The lowest BCUT2D eigenvalue weighted by atomic mass is 10.1. The summed E-state index contributed by atoms with van der Waals surface area (Å²) in [7, 11) is 4.20. The van der Waals surface area contributed by atoms with Crippen molar-refractivity contribution in [2.75, 3.05) is 27.2 Å². The lowest BCUT2D eigenvalue weighted by molar-refractivity contribution is 0.289. The largest absolute Gasteiger partial charge is 0.493 e. The topological polar surface area (TPSA) is 12.5 Å². The summed E-state index contributed by atoms with van der Waals surface area (Å²) in [5.74, 6) is 1.04. The third-order valence-electron chi connectivity index (χ3n) is 2.90. The van der Waals surface area contributed by atoms with E-state index >= 15 is 0 Å². The first-order valence-electron chi connectivity index (χ1n) is 6.62. The number of benzene rings is 1. The Morgan fingerprint density at radius 3 is 2.72 bits per heavy atom. The number of hydrogen-bond acceptors (Lipinski definition) is 2. The van der Waals surface area contributed by atoms with Crippen LogP contribution in [0, 0.1) is 6.92 Å². The first kappa shape index (κ1) is 14.8. The van der Waals surface area contributed by atoms with Crippen LogP contribution in [0.15, 0.2) is 30.9 Å². The average molecular weight is 247 g/mol.